The quantitative estimate of drug-likeness (QED) is 0.677. The standard InChI is InChI=1S/C18H17NO5S2/c1-11(2)13-4-7-15(8-5-13)26(22,23)19(12(3)20)14-6-9-16-17(10-14)25-18(21)24-16/h4-11H,1-3H3. The zero-order valence-electron chi connectivity index (χ0n) is 14.4. The number of amides is 1. The molecule has 3 aromatic rings. The molecule has 0 aliphatic heterocycles. The molecule has 0 spiro atoms. The number of benzene rings is 2. The van der Waals surface area contributed by atoms with Crippen molar-refractivity contribution < 1.29 is 17.6 Å². The van der Waals surface area contributed by atoms with E-state index in [1.54, 1.807) is 12.1 Å². The molecule has 0 saturated heterocycles. The molecule has 0 N–H and O–H groups in total. The van der Waals surface area contributed by atoms with Crippen LogP contribution in [-0.4, -0.2) is 14.3 Å². The lowest BCUT2D eigenvalue weighted by molar-refractivity contribution is -0.115. The molecule has 0 bridgehead atoms. The summed E-state index contributed by atoms with van der Waals surface area (Å²) in [5.74, 6) is -0.380. The van der Waals surface area contributed by atoms with Crippen molar-refractivity contribution in [3.63, 3.8) is 0 Å². The maximum absolute atomic E-state index is 13.0. The molecule has 0 fully saturated rings. The highest BCUT2D eigenvalue weighted by atomic mass is 32.2. The number of anilines is 1. The van der Waals surface area contributed by atoms with E-state index >= 15 is 0 Å². The second-order valence-electron chi connectivity index (χ2n) is 6.10. The highest BCUT2D eigenvalue weighted by molar-refractivity contribution is 7.93. The largest absolute Gasteiger partial charge is 0.414 e. The van der Waals surface area contributed by atoms with E-state index < -0.39 is 20.9 Å². The Kier molecular flexibility index (Phi) is 4.72. The summed E-state index contributed by atoms with van der Waals surface area (Å²) in [4.78, 5) is 23.0. The van der Waals surface area contributed by atoms with Crippen LogP contribution in [0.25, 0.3) is 10.3 Å². The van der Waals surface area contributed by atoms with Crippen molar-refractivity contribution in [3.05, 3.63) is 57.8 Å². The van der Waals surface area contributed by atoms with Crippen molar-refractivity contribution in [2.75, 3.05) is 4.31 Å². The Morgan fingerprint density at radius 3 is 2.35 bits per heavy atom. The van der Waals surface area contributed by atoms with Gasteiger partial charge in [0.15, 0.2) is 0 Å². The second kappa shape index (κ2) is 6.69. The summed E-state index contributed by atoms with van der Waals surface area (Å²) < 4.78 is 32.2. The first-order chi connectivity index (χ1) is 12.2. The van der Waals surface area contributed by atoms with E-state index in [0.29, 0.717) is 10.3 Å². The highest BCUT2D eigenvalue weighted by Gasteiger charge is 2.29. The molecule has 0 aliphatic rings. The molecule has 0 radical (unpaired) electrons. The third-order valence-corrected chi connectivity index (χ3v) is 6.52. The van der Waals surface area contributed by atoms with Crippen LogP contribution < -0.4 is 9.24 Å². The van der Waals surface area contributed by atoms with Crippen LogP contribution in [0.5, 0.6) is 0 Å². The van der Waals surface area contributed by atoms with Gasteiger partial charge in [-0.25, -0.2) is 17.5 Å². The van der Waals surface area contributed by atoms with Crippen LogP contribution in [0.15, 0.2) is 56.6 Å². The number of carbonyl (C=O) groups is 1. The molecule has 0 saturated carbocycles. The second-order valence-corrected chi connectivity index (χ2v) is 8.86. The molecule has 6 nitrogen and oxygen atoms in total. The van der Waals surface area contributed by atoms with E-state index in [9.17, 15) is 18.0 Å². The average molecular weight is 391 g/mol. The zero-order valence-corrected chi connectivity index (χ0v) is 16.1. The summed E-state index contributed by atoms with van der Waals surface area (Å²) in [7, 11) is -4.08. The van der Waals surface area contributed by atoms with Crippen molar-refractivity contribution in [2.45, 2.75) is 31.6 Å². The van der Waals surface area contributed by atoms with Gasteiger partial charge in [-0.3, -0.25) is 4.79 Å². The Morgan fingerprint density at radius 2 is 1.77 bits per heavy atom. The van der Waals surface area contributed by atoms with Gasteiger partial charge in [-0.05, 0) is 41.8 Å². The molecular weight excluding hydrogens is 374 g/mol. The molecule has 1 heterocycles. The molecule has 3 rings (SSSR count). The van der Waals surface area contributed by atoms with Crippen molar-refractivity contribution in [3.8, 4) is 0 Å². The smallest absolute Gasteiger partial charge is 0.396 e. The summed E-state index contributed by atoms with van der Waals surface area (Å²) in [5.41, 5.74) is 1.52. The zero-order chi connectivity index (χ0) is 19.1. The Morgan fingerprint density at radius 1 is 1.12 bits per heavy atom. The predicted molar refractivity (Wildman–Crippen MR) is 101 cm³/mol. The number of carbonyl (C=O) groups excluding carboxylic acids is 1. The summed E-state index contributed by atoms with van der Waals surface area (Å²) in [6.07, 6.45) is 0. The number of nitrogens with zero attached hydrogens (tertiary/aromatic N) is 1. The first-order valence-electron chi connectivity index (χ1n) is 7.89. The Hall–Kier alpha value is -2.45. The van der Waals surface area contributed by atoms with Crippen LogP contribution in [0, 0.1) is 0 Å². The molecule has 1 amide bonds. The number of sulfonamides is 1. The molecule has 0 atom stereocenters. The Labute approximate surface area is 154 Å². The first kappa shape index (κ1) is 18.3. The van der Waals surface area contributed by atoms with E-state index in [2.05, 4.69) is 0 Å². The number of hydrogen-bond donors (Lipinski definition) is 0. The van der Waals surface area contributed by atoms with Gasteiger partial charge in [0.2, 0.25) is 5.91 Å². The summed E-state index contributed by atoms with van der Waals surface area (Å²) in [5, 5.41) is 0. The molecule has 26 heavy (non-hydrogen) atoms. The minimum atomic E-state index is -4.08. The lowest BCUT2D eigenvalue weighted by Crippen LogP contribution is -2.35. The normalized spacial score (nSPS) is 11.8. The maximum atomic E-state index is 13.0. The van der Waals surface area contributed by atoms with E-state index in [1.165, 1.54) is 37.3 Å². The Bertz CT molecular complexity index is 1120. The van der Waals surface area contributed by atoms with Gasteiger partial charge in [-0.15, -0.1) is 0 Å². The van der Waals surface area contributed by atoms with Crippen LogP contribution in [0.1, 0.15) is 32.3 Å². The number of hydrogen-bond acceptors (Lipinski definition) is 6. The SMILES string of the molecule is CC(=O)N(c1ccc2oc(=O)sc2c1)S(=O)(=O)c1ccc(C(C)C)cc1. The van der Waals surface area contributed by atoms with Crippen molar-refractivity contribution in [1.82, 2.24) is 0 Å². The predicted octanol–water partition coefficient (Wildman–Crippen LogP) is 3.72. The monoisotopic (exact) mass is 391 g/mol. The molecule has 2 aromatic carbocycles. The summed E-state index contributed by atoms with van der Waals surface area (Å²) in [6.45, 7) is 5.20. The van der Waals surface area contributed by atoms with Crippen molar-refractivity contribution >= 4 is 43.2 Å². The molecule has 1 aromatic heterocycles. The lowest BCUT2D eigenvalue weighted by atomic mass is 10.0. The van der Waals surface area contributed by atoms with Crippen LogP contribution in [0.4, 0.5) is 5.69 Å². The van der Waals surface area contributed by atoms with Crippen molar-refractivity contribution in [1.29, 1.82) is 0 Å². The Balaban J connectivity index is 2.10. The summed E-state index contributed by atoms with van der Waals surface area (Å²) in [6, 6.07) is 10.9. The minimum absolute atomic E-state index is 0.0255. The van der Waals surface area contributed by atoms with Gasteiger partial charge in [0.1, 0.15) is 5.58 Å². The van der Waals surface area contributed by atoms with Gasteiger partial charge in [0, 0.05) is 6.92 Å². The summed E-state index contributed by atoms with van der Waals surface area (Å²) >= 11 is 0.852. The van der Waals surface area contributed by atoms with Gasteiger partial charge in [-0.2, -0.15) is 0 Å². The molecule has 8 heteroatoms. The molecular formula is C18H17NO5S2. The first-order valence-corrected chi connectivity index (χ1v) is 10.2. The van der Waals surface area contributed by atoms with Crippen LogP contribution >= 0.6 is 11.3 Å². The molecule has 136 valence electrons. The van der Waals surface area contributed by atoms with E-state index in [1.807, 2.05) is 13.8 Å². The third kappa shape index (κ3) is 3.30. The fourth-order valence-corrected chi connectivity index (χ4v) is 4.73. The van der Waals surface area contributed by atoms with Gasteiger partial charge >= 0.3 is 4.94 Å². The minimum Gasteiger partial charge on any atom is -0.414 e. The molecule has 0 aliphatic carbocycles. The number of fused-ring (bicyclic) bond motifs is 1. The van der Waals surface area contributed by atoms with Crippen molar-refractivity contribution in [2.24, 2.45) is 0 Å². The maximum Gasteiger partial charge on any atom is 0.396 e. The average Bonchev–Trinajstić information content (AvgIpc) is 2.93. The molecule has 0 unspecified atom stereocenters. The topological polar surface area (TPSA) is 84.7 Å². The van der Waals surface area contributed by atoms with Gasteiger partial charge in [-0.1, -0.05) is 37.3 Å². The van der Waals surface area contributed by atoms with Gasteiger partial charge in [0.05, 0.1) is 15.3 Å². The number of rotatable bonds is 4. The van der Waals surface area contributed by atoms with E-state index in [-0.39, 0.29) is 16.5 Å². The lowest BCUT2D eigenvalue weighted by Gasteiger charge is -2.21. The van der Waals surface area contributed by atoms with E-state index in [4.69, 9.17) is 4.42 Å². The fraction of sp³-hybridized carbons (Fsp3) is 0.222. The van der Waals surface area contributed by atoms with Crippen LogP contribution in [-0.2, 0) is 14.8 Å². The van der Waals surface area contributed by atoms with Gasteiger partial charge < -0.3 is 4.42 Å². The van der Waals surface area contributed by atoms with Gasteiger partial charge in [0.25, 0.3) is 10.0 Å². The van der Waals surface area contributed by atoms with Crippen LogP contribution in [0.2, 0.25) is 0 Å². The van der Waals surface area contributed by atoms with E-state index in [0.717, 1.165) is 21.2 Å². The highest BCUT2D eigenvalue weighted by Crippen LogP contribution is 2.29. The van der Waals surface area contributed by atoms with Crippen LogP contribution in [0.3, 0.4) is 0 Å². The fourth-order valence-electron chi connectivity index (χ4n) is 2.61. The third-order valence-electron chi connectivity index (χ3n) is 3.92.